The molecule has 0 aromatic heterocycles. The van der Waals surface area contributed by atoms with Gasteiger partial charge in [-0.05, 0) is 46.3 Å². The number of methoxy groups -OCH3 is 1. The van der Waals surface area contributed by atoms with E-state index < -0.39 is 95.8 Å². The molecule has 3 heterocycles. The van der Waals surface area contributed by atoms with Crippen LogP contribution in [0.5, 0.6) is 11.5 Å². The highest BCUT2D eigenvalue weighted by atomic mass is 16.7. The predicted molar refractivity (Wildman–Crippen MR) is 208 cm³/mol. The van der Waals surface area contributed by atoms with Gasteiger partial charge in [-0.3, -0.25) is 24.0 Å². The minimum Gasteiger partial charge on any atom is -0.505 e. The number of anilines is 1. The number of ether oxygens (including phenoxy) is 5. The molecule has 4 aliphatic rings. The van der Waals surface area contributed by atoms with Crippen LogP contribution in [0.3, 0.4) is 0 Å². The third kappa shape index (κ3) is 8.74. The summed E-state index contributed by atoms with van der Waals surface area (Å²) in [6, 6.07) is 0. The maximum atomic E-state index is 14.0. The summed E-state index contributed by atoms with van der Waals surface area (Å²) >= 11 is 0. The Morgan fingerprint density at radius 3 is 2.10 bits per heavy atom. The van der Waals surface area contributed by atoms with E-state index in [0.29, 0.717) is 0 Å². The van der Waals surface area contributed by atoms with Crippen molar-refractivity contribution in [1.29, 1.82) is 0 Å². The maximum absolute atomic E-state index is 14.0. The molecule has 0 spiro atoms. The Kier molecular flexibility index (Phi) is 13.8. The molecule has 0 saturated carbocycles. The highest BCUT2D eigenvalue weighted by Crippen LogP contribution is 2.53. The van der Waals surface area contributed by atoms with Gasteiger partial charge < -0.3 is 54.5 Å². The number of aliphatic hydroxyl groups is 4. The van der Waals surface area contributed by atoms with E-state index in [2.05, 4.69) is 5.32 Å². The van der Waals surface area contributed by atoms with E-state index in [1.807, 2.05) is 0 Å². The van der Waals surface area contributed by atoms with Gasteiger partial charge in [0.25, 0.3) is 5.91 Å². The van der Waals surface area contributed by atoms with Gasteiger partial charge >= 0.3 is 17.9 Å². The van der Waals surface area contributed by atoms with Gasteiger partial charge in [0.05, 0.1) is 42.2 Å². The molecule has 6 N–H and O–H groups in total. The summed E-state index contributed by atoms with van der Waals surface area (Å²) in [6.45, 7) is 13.4. The number of carbonyl (C=O) groups excluding carboxylic acids is 5. The fourth-order valence-electron chi connectivity index (χ4n) is 7.63. The predicted octanol–water partition coefficient (Wildman–Crippen LogP) is 3.68. The number of carbonyl (C=O) groups is 5. The van der Waals surface area contributed by atoms with Gasteiger partial charge in [-0.2, -0.15) is 0 Å². The van der Waals surface area contributed by atoms with Gasteiger partial charge in [0.1, 0.15) is 34.9 Å². The molecule has 1 aliphatic carbocycles. The van der Waals surface area contributed by atoms with Crippen LogP contribution < -0.4 is 10.1 Å². The van der Waals surface area contributed by atoms with Crippen LogP contribution >= 0.6 is 0 Å². The summed E-state index contributed by atoms with van der Waals surface area (Å²) in [7, 11) is 1.06. The van der Waals surface area contributed by atoms with Crippen molar-refractivity contribution in [3.05, 3.63) is 69.2 Å². The smallest absolute Gasteiger partial charge is 0.315 e. The Hall–Kier alpha value is -5.29. The third-order valence-electron chi connectivity index (χ3n) is 10.9. The molecule has 58 heavy (non-hydrogen) atoms. The second-order valence-corrected chi connectivity index (χ2v) is 15.3. The standard InChI is InChI=1S/C42H53NO15/c1-17-13-12-14-18(2)40(51)43-30-20(4)37(57-24(8)44)26-27(34(30)49)33(48)22(6)36-28(26)35(55-16-56-36)19(3)15-42(10,53)39(50)23(7)38(58-25(9)45)29(41(52)54-11)32(47)21(5)31(17)46/h12-15,17,21,23,29,31-32,38-39,46-47,49-50,53H,16H2,1-11H3,(H,43,51)/b13-12-,18-14+,19-15+/t17-,21-,23-,29-,31-,32-,38-,39+,42-/m1/s1. The molecule has 0 unspecified atom stereocenters. The zero-order valence-corrected chi connectivity index (χ0v) is 34.5. The average Bonchev–Trinajstić information content (AvgIpc) is 3.16. The summed E-state index contributed by atoms with van der Waals surface area (Å²) in [5.74, 6) is -9.71. The lowest BCUT2D eigenvalue weighted by Crippen LogP contribution is -2.54. The first-order valence-electron chi connectivity index (χ1n) is 18.7. The number of benzene rings is 1. The van der Waals surface area contributed by atoms with Crippen LogP contribution in [0, 0.1) is 30.6 Å². The van der Waals surface area contributed by atoms with Crippen molar-refractivity contribution in [1.82, 2.24) is 0 Å². The Balaban J connectivity index is 2.10. The zero-order chi connectivity index (χ0) is 43.7. The normalized spacial score (nSPS) is 32.1. The Morgan fingerprint density at radius 1 is 0.897 bits per heavy atom. The van der Waals surface area contributed by atoms with Crippen LogP contribution in [-0.2, 0) is 38.1 Å². The molecule has 0 radical (unpaired) electrons. The van der Waals surface area contributed by atoms with E-state index in [4.69, 9.17) is 23.7 Å². The molecule has 9 atom stereocenters. The number of rotatable bonds is 3. The molecule has 5 rings (SSSR count). The third-order valence-corrected chi connectivity index (χ3v) is 10.9. The zero-order valence-electron chi connectivity index (χ0n) is 34.5. The van der Waals surface area contributed by atoms with Crippen molar-refractivity contribution in [3.63, 3.8) is 0 Å². The molecule has 1 amide bonds. The lowest BCUT2D eigenvalue weighted by atomic mass is 9.75. The summed E-state index contributed by atoms with van der Waals surface area (Å²) in [5.41, 5.74) is -2.49. The molecule has 0 fully saturated rings. The van der Waals surface area contributed by atoms with Crippen LogP contribution in [0.2, 0.25) is 0 Å². The number of phenols is 1. The molecule has 1 aromatic carbocycles. The van der Waals surface area contributed by atoms with Crippen LogP contribution in [0.25, 0.3) is 5.57 Å². The molecule has 0 saturated heterocycles. The lowest BCUT2D eigenvalue weighted by molar-refractivity contribution is -0.181. The first-order valence-corrected chi connectivity index (χ1v) is 18.7. The van der Waals surface area contributed by atoms with Gasteiger partial charge in [0.2, 0.25) is 6.79 Å². The number of esters is 3. The second-order valence-electron chi connectivity index (χ2n) is 15.3. The monoisotopic (exact) mass is 811 g/mol. The van der Waals surface area contributed by atoms with Gasteiger partial charge in [-0.1, -0.05) is 39.0 Å². The Bertz CT molecular complexity index is 2040. The van der Waals surface area contributed by atoms with E-state index in [0.717, 1.165) is 21.0 Å². The number of phenolic OH excluding ortho intramolecular Hbond substituents is 1. The van der Waals surface area contributed by atoms with Gasteiger partial charge in [-0.25, -0.2) is 0 Å². The van der Waals surface area contributed by atoms with E-state index in [9.17, 15) is 49.5 Å². The van der Waals surface area contributed by atoms with Crippen molar-refractivity contribution in [2.45, 2.75) is 99.3 Å². The molecule has 16 heteroatoms. The number of nitrogens with one attached hydrogen (secondary N) is 1. The topological polar surface area (TPSA) is 245 Å². The second kappa shape index (κ2) is 17.7. The summed E-state index contributed by atoms with van der Waals surface area (Å²) in [5, 5.41) is 61.2. The van der Waals surface area contributed by atoms with Crippen LogP contribution in [0.15, 0.2) is 52.5 Å². The number of hydrogen-bond donors (Lipinski definition) is 6. The number of fused-ring (bicyclic) bond motifs is 14. The Labute approximate surface area is 336 Å². The number of aliphatic hydroxyl groups excluding tert-OH is 3. The van der Waals surface area contributed by atoms with Crippen LogP contribution in [0.1, 0.15) is 83.8 Å². The van der Waals surface area contributed by atoms with Gasteiger partial charge in [-0.15, -0.1) is 0 Å². The van der Waals surface area contributed by atoms with Crippen molar-refractivity contribution in [2.24, 2.45) is 23.7 Å². The number of amides is 1. The largest absolute Gasteiger partial charge is 0.505 e. The summed E-state index contributed by atoms with van der Waals surface area (Å²) in [6.07, 6.45) is -0.811. The van der Waals surface area contributed by atoms with Crippen LogP contribution in [0.4, 0.5) is 5.69 Å². The van der Waals surface area contributed by atoms with Crippen LogP contribution in [-0.4, -0.2) is 99.1 Å². The number of hydrogen-bond acceptors (Lipinski definition) is 15. The van der Waals surface area contributed by atoms with E-state index in [1.165, 1.54) is 66.7 Å². The molecule has 4 bridgehead atoms. The van der Waals surface area contributed by atoms with Crippen molar-refractivity contribution >= 4 is 40.9 Å². The first kappa shape index (κ1) is 45.4. The average molecular weight is 812 g/mol. The molecular weight excluding hydrogens is 758 g/mol. The van der Waals surface area contributed by atoms with E-state index in [-0.39, 0.29) is 61.9 Å². The van der Waals surface area contributed by atoms with Gasteiger partial charge in [0, 0.05) is 53.9 Å². The van der Waals surface area contributed by atoms with Gasteiger partial charge in [0.15, 0.2) is 11.5 Å². The maximum Gasteiger partial charge on any atom is 0.315 e. The number of aromatic hydroxyl groups is 1. The van der Waals surface area contributed by atoms with Crippen molar-refractivity contribution in [3.8, 4) is 11.5 Å². The minimum atomic E-state index is -2.22. The first-order chi connectivity index (χ1) is 27.0. The van der Waals surface area contributed by atoms with E-state index in [1.54, 1.807) is 13.0 Å². The molecule has 3 aliphatic heterocycles. The lowest BCUT2D eigenvalue weighted by Gasteiger charge is -2.40. The Morgan fingerprint density at radius 2 is 1.52 bits per heavy atom. The molecule has 16 nitrogen and oxygen atoms in total. The number of ketones is 1. The number of Topliss-reactive ketones (excluding diaryl/α,β-unsaturated/α-hetero) is 1. The SMILES string of the molecule is COC(=O)[C@@H]1[C@H](O)[C@H](C)[C@H](O)[C@H](C)/C=C\C=C(/C)C(=O)Nc2c(C)c(OC(C)=O)c3c(c2O)C(=O)C(C)=C2OCOC(=C23)/C(C)=C/[C@@](C)(O)[C@@H](O)[C@H](C)[C@H]1OC(C)=O. The highest BCUT2D eigenvalue weighted by Gasteiger charge is 2.49. The minimum absolute atomic E-state index is 0.00972. The molecular formula is C42H53NO15. The quantitative estimate of drug-likeness (QED) is 0.145. The van der Waals surface area contributed by atoms with Crippen molar-refractivity contribution < 1.29 is 73.2 Å². The summed E-state index contributed by atoms with van der Waals surface area (Å²) in [4.78, 5) is 66.1. The molecule has 1 aromatic rings. The summed E-state index contributed by atoms with van der Waals surface area (Å²) < 4.78 is 28.0. The fourth-order valence-corrected chi connectivity index (χ4v) is 7.63. The highest BCUT2D eigenvalue weighted by molar-refractivity contribution is 6.21. The van der Waals surface area contributed by atoms with E-state index >= 15 is 0 Å². The fraction of sp³-hybridized carbons (Fsp3) is 0.500. The molecule has 316 valence electrons. The van der Waals surface area contributed by atoms with Crippen molar-refractivity contribution in [2.75, 3.05) is 19.2 Å². The number of allylic oxidation sites excluding steroid dienone is 5.